The van der Waals surface area contributed by atoms with Gasteiger partial charge in [-0.15, -0.1) is 5.10 Å². The summed E-state index contributed by atoms with van der Waals surface area (Å²) in [5.41, 5.74) is 1.34. The lowest BCUT2D eigenvalue weighted by atomic mass is 10.3. The van der Waals surface area contributed by atoms with Crippen molar-refractivity contribution in [1.29, 1.82) is 5.26 Å². The normalized spacial score (nSPS) is 13.0. The van der Waals surface area contributed by atoms with Gasteiger partial charge < -0.3 is 0 Å². The van der Waals surface area contributed by atoms with Crippen LogP contribution in [0.4, 0.5) is 0 Å². The summed E-state index contributed by atoms with van der Waals surface area (Å²) in [6.07, 6.45) is 0.877. The number of hydrogen-bond acceptors (Lipinski definition) is 3. The van der Waals surface area contributed by atoms with Crippen LogP contribution in [-0.4, -0.2) is 11.4 Å². The quantitative estimate of drug-likeness (QED) is 0.422. The summed E-state index contributed by atoms with van der Waals surface area (Å²) in [7, 11) is 0. The van der Waals surface area contributed by atoms with Crippen LogP contribution in [0.2, 0.25) is 0 Å². The molecular formula is C7H11N3. The highest BCUT2D eigenvalue weighted by Crippen LogP contribution is 1.85. The molecule has 0 saturated heterocycles. The molecule has 0 bridgehead atoms. The first-order valence-corrected chi connectivity index (χ1v) is 3.18. The Labute approximate surface area is 61.1 Å². The zero-order chi connectivity index (χ0) is 7.98. The van der Waals surface area contributed by atoms with E-state index in [0.717, 1.165) is 12.1 Å². The highest BCUT2D eigenvalue weighted by atomic mass is 15.2. The van der Waals surface area contributed by atoms with Crippen LogP contribution in [0.5, 0.6) is 0 Å². The Morgan fingerprint density at radius 2 is 2.00 bits per heavy atom. The maximum absolute atomic E-state index is 8.27. The third-order valence-corrected chi connectivity index (χ3v) is 1.04. The van der Waals surface area contributed by atoms with Gasteiger partial charge in [0.25, 0.3) is 0 Å². The maximum atomic E-state index is 8.27. The van der Waals surface area contributed by atoms with Gasteiger partial charge in [0, 0.05) is 5.71 Å². The number of hydrogen-bond donors (Lipinski definition) is 0. The summed E-state index contributed by atoms with van der Waals surface area (Å²) in [6, 6.07) is 1.89. The maximum Gasteiger partial charge on any atom is 0.137 e. The number of nitriles is 1. The van der Waals surface area contributed by atoms with Gasteiger partial charge in [0.2, 0.25) is 0 Å². The second-order valence-corrected chi connectivity index (χ2v) is 1.99. The van der Waals surface area contributed by atoms with Gasteiger partial charge in [-0.2, -0.15) is 10.4 Å². The molecule has 54 valence electrons. The van der Waals surface area contributed by atoms with E-state index in [-0.39, 0.29) is 0 Å². The molecule has 0 amide bonds. The zero-order valence-electron chi connectivity index (χ0n) is 6.55. The molecule has 10 heavy (non-hydrogen) atoms. The average Bonchev–Trinajstić information content (AvgIpc) is 1.99. The molecule has 0 aliphatic carbocycles. The SMILES string of the molecule is CC/C(C)=N\N=C(/C)C#N. The highest BCUT2D eigenvalue weighted by molar-refractivity contribution is 5.96. The molecule has 0 aromatic carbocycles. The van der Waals surface area contributed by atoms with Crippen molar-refractivity contribution in [1.82, 2.24) is 0 Å². The second-order valence-electron chi connectivity index (χ2n) is 1.99. The van der Waals surface area contributed by atoms with E-state index in [1.54, 1.807) is 6.92 Å². The summed E-state index contributed by atoms with van der Waals surface area (Å²) >= 11 is 0. The average molecular weight is 137 g/mol. The molecule has 0 rings (SSSR count). The topological polar surface area (TPSA) is 48.5 Å². The predicted molar refractivity (Wildman–Crippen MR) is 42.1 cm³/mol. The fourth-order valence-electron chi connectivity index (χ4n) is 0.253. The van der Waals surface area contributed by atoms with Gasteiger partial charge in [-0.3, -0.25) is 0 Å². The summed E-state index contributed by atoms with van der Waals surface area (Å²) in [4.78, 5) is 0. The number of rotatable bonds is 2. The van der Waals surface area contributed by atoms with Crippen LogP contribution in [0, 0.1) is 11.3 Å². The molecule has 0 spiro atoms. The van der Waals surface area contributed by atoms with Gasteiger partial charge in [0.1, 0.15) is 11.8 Å². The minimum atomic E-state index is 0.396. The largest absolute Gasteiger partial charge is 0.191 e. The Morgan fingerprint density at radius 1 is 1.40 bits per heavy atom. The number of nitrogens with zero attached hydrogens (tertiary/aromatic N) is 3. The Bertz CT molecular complexity index is 195. The monoisotopic (exact) mass is 137 g/mol. The summed E-state index contributed by atoms with van der Waals surface area (Å²) in [5, 5.41) is 15.7. The third kappa shape index (κ3) is 3.79. The molecule has 0 N–H and O–H groups in total. The Kier molecular flexibility index (Phi) is 4.14. The summed E-state index contributed by atoms with van der Waals surface area (Å²) in [6.45, 7) is 5.51. The van der Waals surface area contributed by atoms with Gasteiger partial charge in [-0.1, -0.05) is 6.92 Å². The minimum Gasteiger partial charge on any atom is -0.191 e. The van der Waals surface area contributed by atoms with Crippen molar-refractivity contribution in [3.8, 4) is 6.07 Å². The molecule has 0 aromatic heterocycles. The summed E-state index contributed by atoms with van der Waals surface area (Å²) < 4.78 is 0. The molecule has 0 heterocycles. The Morgan fingerprint density at radius 3 is 2.40 bits per heavy atom. The van der Waals surface area contributed by atoms with Gasteiger partial charge >= 0.3 is 0 Å². The Hall–Kier alpha value is -1.17. The van der Waals surface area contributed by atoms with Crippen molar-refractivity contribution < 1.29 is 0 Å². The van der Waals surface area contributed by atoms with Gasteiger partial charge in [-0.25, -0.2) is 0 Å². The van der Waals surface area contributed by atoms with Crippen LogP contribution in [0.1, 0.15) is 27.2 Å². The molecule has 3 nitrogen and oxygen atoms in total. The first-order chi connectivity index (χ1) is 4.70. The van der Waals surface area contributed by atoms with Crippen LogP contribution in [0.15, 0.2) is 10.2 Å². The Balaban J connectivity index is 4.07. The van der Waals surface area contributed by atoms with E-state index >= 15 is 0 Å². The predicted octanol–water partition coefficient (Wildman–Crippen LogP) is 1.76. The van der Waals surface area contributed by atoms with Crippen LogP contribution >= 0.6 is 0 Å². The molecule has 0 fully saturated rings. The van der Waals surface area contributed by atoms with Crippen molar-refractivity contribution >= 4 is 11.4 Å². The van der Waals surface area contributed by atoms with E-state index in [9.17, 15) is 0 Å². The van der Waals surface area contributed by atoms with Crippen LogP contribution in [-0.2, 0) is 0 Å². The summed E-state index contributed by atoms with van der Waals surface area (Å²) in [5.74, 6) is 0. The zero-order valence-corrected chi connectivity index (χ0v) is 6.55. The van der Waals surface area contributed by atoms with Crippen molar-refractivity contribution in [3.05, 3.63) is 0 Å². The molecule has 0 aliphatic rings. The molecule has 0 unspecified atom stereocenters. The highest BCUT2D eigenvalue weighted by Gasteiger charge is 1.84. The molecule has 0 aromatic rings. The van der Waals surface area contributed by atoms with Gasteiger partial charge in [0.15, 0.2) is 0 Å². The van der Waals surface area contributed by atoms with Crippen LogP contribution in [0.3, 0.4) is 0 Å². The molecular weight excluding hydrogens is 126 g/mol. The smallest absolute Gasteiger partial charge is 0.137 e. The first kappa shape index (κ1) is 8.83. The molecule has 3 heteroatoms. The van der Waals surface area contributed by atoms with Gasteiger partial charge in [0.05, 0.1) is 0 Å². The van der Waals surface area contributed by atoms with Crippen molar-refractivity contribution in [3.63, 3.8) is 0 Å². The molecule has 0 aliphatic heterocycles. The van der Waals surface area contributed by atoms with E-state index < -0.39 is 0 Å². The second kappa shape index (κ2) is 4.68. The standard InChI is InChI=1S/C7H11N3/c1-4-6(2)9-10-7(3)5-8/h4H2,1-3H3/b9-6-,10-7+. The minimum absolute atomic E-state index is 0.396. The van der Waals surface area contributed by atoms with Gasteiger partial charge in [-0.05, 0) is 20.3 Å². The van der Waals surface area contributed by atoms with E-state index in [4.69, 9.17) is 5.26 Å². The van der Waals surface area contributed by atoms with Crippen LogP contribution < -0.4 is 0 Å². The lowest BCUT2D eigenvalue weighted by Crippen LogP contribution is -1.87. The van der Waals surface area contributed by atoms with E-state index in [1.165, 1.54) is 0 Å². The van der Waals surface area contributed by atoms with Crippen LogP contribution in [0.25, 0.3) is 0 Å². The lowest BCUT2D eigenvalue weighted by molar-refractivity contribution is 1.16. The van der Waals surface area contributed by atoms with E-state index in [1.807, 2.05) is 19.9 Å². The van der Waals surface area contributed by atoms with Crippen molar-refractivity contribution in [2.24, 2.45) is 10.2 Å². The fraction of sp³-hybridized carbons (Fsp3) is 0.571. The third-order valence-electron chi connectivity index (χ3n) is 1.04. The lowest BCUT2D eigenvalue weighted by Gasteiger charge is -1.86. The van der Waals surface area contributed by atoms with E-state index in [0.29, 0.717) is 5.71 Å². The van der Waals surface area contributed by atoms with Crippen molar-refractivity contribution in [2.75, 3.05) is 0 Å². The molecule has 0 atom stereocenters. The fourth-order valence-corrected chi connectivity index (χ4v) is 0.253. The first-order valence-electron chi connectivity index (χ1n) is 3.18. The van der Waals surface area contributed by atoms with Crippen molar-refractivity contribution in [2.45, 2.75) is 27.2 Å². The molecule has 0 saturated carbocycles. The molecule has 0 radical (unpaired) electrons. The van der Waals surface area contributed by atoms with E-state index in [2.05, 4.69) is 10.2 Å².